The van der Waals surface area contributed by atoms with Crippen molar-refractivity contribution in [3.63, 3.8) is 0 Å². The molecule has 20 heavy (non-hydrogen) atoms. The molecule has 1 amide bonds. The fourth-order valence-corrected chi connectivity index (χ4v) is 2.36. The van der Waals surface area contributed by atoms with Crippen molar-refractivity contribution in [2.45, 2.75) is 19.4 Å². The first-order valence-corrected chi connectivity index (χ1v) is 6.90. The van der Waals surface area contributed by atoms with Gasteiger partial charge in [0, 0.05) is 33.1 Å². The molecule has 1 heterocycles. The van der Waals surface area contributed by atoms with Crippen molar-refractivity contribution in [3.05, 3.63) is 35.1 Å². The maximum atomic E-state index is 13.3. The van der Waals surface area contributed by atoms with E-state index in [2.05, 4.69) is 10.2 Å². The van der Waals surface area contributed by atoms with Crippen molar-refractivity contribution >= 4 is 5.91 Å². The van der Waals surface area contributed by atoms with Crippen LogP contribution in [0.25, 0.3) is 0 Å². The number of hydrogen-bond donors (Lipinski definition) is 1. The third-order valence-electron chi connectivity index (χ3n) is 3.64. The highest BCUT2D eigenvalue weighted by molar-refractivity contribution is 5.75. The molecule has 1 saturated heterocycles. The zero-order valence-corrected chi connectivity index (χ0v) is 12.0. The SMILES string of the molecule is CNC(=O)CCN1CCO[C@@H](c2ccc(F)c(C)c2)C1. The number of carbonyl (C=O) groups excluding carboxylic acids is 1. The number of carbonyl (C=O) groups is 1. The standard InChI is InChI=1S/C15H21FN2O2/c1-11-9-12(3-4-13(11)16)14-10-18(7-8-20-14)6-5-15(19)17-2/h3-4,9,14H,5-8,10H2,1-2H3,(H,17,19)/t14-/m1/s1. The third-order valence-corrected chi connectivity index (χ3v) is 3.64. The summed E-state index contributed by atoms with van der Waals surface area (Å²) in [5, 5.41) is 2.62. The van der Waals surface area contributed by atoms with Crippen molar-refractivity contribution < 1.29 is 13.9 Å². The van der Waals surface area contributed by atoms with Crippen LogP contribution in [0.5, 0.6) is 0 Å². The van der Waals surface area contributed by atoms with Crippen molar-refractivity contribution in [3.8, 4) is 0 Å². The van der Waals surface area contributed by atoms with Gasteiger partial charge in [-0.2, -0.15) is 0 Å². The zero-order chi connectivity index (χ0) is 14.5. The number of hydrogen-bond acceptors (Lipinski definition) is 3. The van der Waals surface area contributed by atoms with Crippen molar-refractivity contribution in [2.24, 2.45) is 0 Å². The molecule has 0 spiro atoms. The lowest BCUT2D eigenvalue weighted by Crippen LogP contribution is -2.40. The Balaban J connectivity index is 1.95. The van der Waals surface area contributed by atoms with E-state index < -0.39 is 0 Å². The number of ether oxygens (including phenoxy) is 1. The largest absolute Gasteiger partial charge is 0.371 e. The molecule has 1 N–H and O–H groups in total. The minimum Gasteiger partial charge on any atom is -0.371 e. The van der Waals surface area contributed by atoms with E-state index in [-0.39, 0.29) is 17.8 Å². The van der Waals surface area contributed by atoms with E-state index in [1.807, 2.05) is 6.07 Å². The number of amides is 1. The molecule has 0 radical (unpaired) electrons. The summed E-state index contributed by atoms with van der Waals surface area (Å²) in [6.45, 7) is 4.68. The Labute approximate surface area is 118 Å². The molecule has 110 valence electrons. The molecule has 2 rings (SSSR count). The molecule has 0 aromatic heterocycles. The second-order valence-corrected chi connectivity index (χ2v) is 5.09. The Bertz CT molecular complexity index is 479. The fraction of sp³-hybridized carbons (Fsp3) is 0.533. The Kier molecular flexibility index (Phi) is 5.09. The van der Waals surface area contributed by atoms with E-state index in [0.29, 0.717) is 18.6 Å². The molecule has 0 saturated carbocycles. The number of halogens is 1. The van der Waals surface area contributed by atoms with Gasteiger partial charge in [0.05, 0.1) is 12.7 Å². The van der Waals surface area contributed by atoms with Crippen LogP contribution < -0.4 is 5.32 Å². The van der Waals surface area contributed by atoms with Crippen molar-refractivity contribution in [1.82, 2.24) is 10.2 Å². The minimum atomic E-state index is -0.193. The molecule has 1 aromatic carbocycles. The van der Waals surface area contributed by atoms with E-state index in [1.54, 1.807) is 20.0 Å². The van der Waals surface area contributed by atoms with Crippen LogP contribution in [-0.4, -0.2) is 44.1 Å². The van der Waals surface area contributed by atoms with Gasteiger partial charge in [0.2, 0.25) is 5.91 Å². The average molecular weight is 280 g/mol. The third kappa shape index (κ3) is 3.77. The monoisotopic (exact) mass is 280 g/mol. The normalized spacial score (nSPS) is 19.9. The molecule has 0 aliphatic carbocycles. The lowest BCUT2D eigenvalue weighted by molar-refractivity contribution is -0.121. The van der Waals surface area contributed by atoms with Crippen molar-refractivity contribution in [2.75, 3.05) is 33.3 Å². The first-order valence-electron chi connectivity index (χ1n) is 6.90. The van der Waals surface area contributed by atoms with Gasteiger partial charge in [-0.1, -0.05) is 12.1 Å². The van der Waals surface area contributed by atoms with E-state index in [0.717, 1.165) is 25.2 Å². The van der Waals surface area contributed by atoms with Crippen LogP contribution >= 0.6 is 0 Å². The van der Waals surface area contributed by atoms with Gasteiger partial charge < -0.3 is 10.1 Å². The summed E-state index contributed by atoms with van der Waals surface area (Å²) in [6.07, 6.45) is 0.443. The van der Waals surface area contributed by atoms with E-state index in [1.165, 1.54) is 6.07 Å². The predicted molar refractivity (Wildman–Crippen MR) is 75.0 cm³/mol. The maximum absolute atomic E-state index is 13.3. The van der Waals surface area contributed by atoms with Crippen LogP contribution in [0.15, 0.2) is 18.2 Å². The van der Waals surface area contributed by atoms with Gasteiger partial charge in [0.1, 0.15) is 5.82 Å². The van der Waals surface area contributed by atoms with Crippen LogP contribution in [0.2, 0.25) is 0 Å². The molecule has 1 aliphatic heterocycles. The first-order chi connectivity index (χ1) is 9.60. The molecule has 5 heteroatoms. The summed E-state index contributed by atoms with van der Waals surface area (Å²) in [5.41, 5.74) is 1.63. The number of nitrogens with zero attached hydrogens (tertiary/aromatic N) is 1. The number of nitrogens with one attached hydrogen (secondary N) is 1. The highest BCUT2D eigenvalue weighted by Gasteiger charge is 2.22. The molecule has 1 fully saturated rings. The highest BCUT2D eigenvalue weighted by Crippen LogP contribution is 2.24. The van der Waals surface area contributed by atoms with Crippen LogP contribution in [0.1, 0.15) is 23.7 Å². The quantitative estimate of drug-likeness (QED) is 0.911. The summed E-state index contributed by atoms with van der Waals surface area (Å²) < 4.78 is 19.1. The average Bonchev–Trinajstić information content (AvgIpc) is 2.48. The van der Waals surface area contributed by atoms with E-state index in [4.69, 9.17) is 4.74 Å². The molecular weight excluding hydrogens is 259 g/mol. The van der Waals surface area contributed by atoms with Crippen LogP contribution in [0, 0.1) is 12.7 Å². The van der Waals surface area contributed by atoms with Gasteiger partial charge in [0.25, 0.3) is 0 Å². The van der Waals surface area contributed by atoms with Crippen LogP contribution in [-0.2, 0) is 9.53 Å². The molecule has 1 atom stereocenters. The smallest absolute Gasteiger partial charge is 0.221 e. The van der Waals surface area contributed by atoms with Gasteiger partial charge >= 0.3 is 0 Å². The molecule has 1 aromatic rings. The van der Waals surface area contributed by atoms with E-state index >= 15 is 0 Å². The van der Waals surface area contributed by atoms with Crippen LogP contribution in [0.4, 0.5) is 4.39 Å². The maximum Gasteiger partial charge on any atom is 0.221 e. The summed E-state index contributed by atoms with van der Waals surface area (Å²) >= 11 is 0. The molecule has 0 bridgehead atoms. The predicted octanol–water partition coefficient (Wildman–Crippen LogP) is 1.64. The van der Waals surface area contributed by atoms with Crippen molar-refractivity contribution in [1.29, 1.82) is 0 Å². The molecule has 1 aliphatic rings. The summed E-state index contributed by atoms with van der Waals surface area (Å²) in [4.78, 5) is 13.5. The lowest BCUT2D eigenvalue weighted by Gasteiger charge is -2.33. The molecule has 4 nitrogen and oxygen atoms in total. The van der Waals surface area contributed by atoms with Gasteiger partial charge in [-0.3, -0.25) is 9.69 Å². The Morgan fingerprint density at radius 1 is 1.55 bits per heavy atom. The van der Waals surface area contributed by atoms with Gasteiger partial charge in [-0.05, 0) is 24.1 Å². The highest BCUT2D eigenvalue weighted by atomic mass is 19.1. The zero-order valence-electron chi connectivity index (χ0n) is 12.0. The van der Waals surface area contributed by atoms with Gasteiger partial charge in [0.15, 0.2) is 0 Å². The van der Waals surface area contributed by atoms with Gasteiger partial charge in [-0.15, -0.1) is 0 Å². The lowest BCUT2D eigenvalue weighted by atomic mass is 10.0. The van der Waals surface area contributed by atoms with E-state index in [9.17, 15) is 9.18 Å². The number of rotatable bonds is 4. The number of benzene rings is 1. The first kappa shape index (κ1) is 14.9. The summed E-state index contributed by atoms with van der Waals surface area (Å²) in [5.74, 6) is -0.147. The second kappa shape index (κ2) is 6.81. The number of morpholine rings is 1. The summed E-state index contributed by atoms with van der Waals surface area (Å²) in [6, 6.07) is 5.09. The summed E-state index contributed by atoms with van der Waals surface area (Å²) in [7, 11) is 1.64. The second-order valence-electron chi connectivity index (χ2n) is 5.09. The fourth-order valence-electron chi connectivity index (χ4n) is 2.36. The number of aryl methyl sites for hydroxylation is 1. The van der Waals surface area contributed by atoms with Gasteiger partial charge in [-0.25, -0.2) is 4.39 Å². The Morgan fingerprint density at radius 3 is 3.05 bits per heavy atom. The Morgan fingerprint density at radius 2 is 2.35 bits per heavy atom. The minimum absolute atomic E-state index is 0.0469. The molecular formula is C15H21FN2O2. The topological polar surface area (TPSA) is 41.6 Å². The molecule has 0 unspecified atom stereocenters. The van der Waals surface area contributed by atoms with Crippen LogP contribution in [0.3, 0.4) is 0 Å². The Hall–Kier alpha value is -1.46.